The average molecular weight is 368 g/mol. The zero-order chi connectivity index (χ0) is 18.9. The molecule has 0 unspecified atom stereocenters. The fourth-order valence-corrected chi connectivity index (χ4v) is 3.13. The lowest BCUT2D eigenvalue weighted by molar-refractivity contribution is 0.620. The van der Waals surface area contributed by atoms with Crippen molar-refractivity contribution in [3.8, 4) is 11.5 Å². The van der Waals surface area contributed by atoms with Crippen LogP contribution in [0, 0.1) is 0 Å². The molecular weight excluding hydrogens is 352 g/mol. The molecule has 0 bridgehead atoms. The van der Waals surface area contributed by atoms with E-state index in [4.69, 9.17) is 4.42 Å². The maximum absolute atomic E-state index is 5.97. The van der Waals surface area contributed by atoms with Crippen LogP contribution in [0.1, 0.15) is 0 Å². The number of oxazole rings is 1. The summed E-state index contributed by atoms with van der Waals surface area (Å²) in [5.41, 5.74) is 2.35. The molecule has 0 radical (unpaired) electrons. The Hall–Kier alpha value is -4.00. The first-order valence-electron chi connectivity index (χ1n) is 8.82. The Labute approximate surface area is 160 Å². The van der Waals surface area contributed by atoms with Gasteiger partial charge in [-0.3, -0.25) is 0 Å². The Morgan fingerprint density at radius 3 is 2.57 bits per heavy atom. The Balaban J connectivity index is 1.68. The monoisotopic (exact) mass is 368 g/mol. The summed E-state index contributed by atoms with van der Waals surface area (Å²) in [4.78, 5) is 17.9. The molecule has 4 heterocycles. The van der Waals surface area contributed by atoms with Gasteiger partial charge in [0.1, 0.15) is 23.0 Å². The van der Waals surface area contributed by atoms with E-state index < -0.39 is 0 Å². The highest BCUT2D eigenvalue weighted by atomic mass is 16.3. The lowest BCUT2D eigenvalue weighted by Crippen LogP contribution is -1.99. The molecule has 0 aliphatic heterocycles. The zero-order valence-corrected chi connectivity index (χ0v) is 15.0. The molecule has 2 N–H and O–H groups in total. The van der Waals surface area contributed by atoms with E-state index in [1.54, 1.807) is 18.6 Å². The fraction of sp³-hybridized carbons (Fsp3) is 0.0476. The number of aromatic nitrogens is 4. The van der Waals surface area contributed by atoms with Crippen molar-refractivity contribution >= 4 is 39.3 Å². The van der Waals surface area contributed by atoms with Crippen molar-refractivity contribution in [1.82, 2.24) is 19.9 Å². The van der Waals surface area contributed by atoms with Gasteiger partial charge in [0.15, 0.2) is 5.58 Å². The van der Waals surface area contributed by atoms with Crippen LogP contribution in [0.4, 0.5) is 17.5 Å². The lowest BCUT2D eigenvalue weighted by atomic mass is 10.1. The summed E-state index contributed by atoms with van der Waals surface area (Å²) in [7, 11) is 1.83. The second-order valence-electron chi connectivity index (χ2n) is 6.21. The highest BCUT2D eigenvalue weighted by Gasteiger charge is 2.15. The third-order valence-electron chi connectivity index (χ3n) is 4.45. The number of pyridine rings is 3. The van der Waals surface area contributed by atoms with Gasteiger partial charge < -0.3 is 15.1 Å². The number of para-hydroxylation sites is 2. The smallest absolute Gasteiger partial charge is 0.229 e. The molecule has 0 aliphatic carbocycles. The number of benzene rings is 1. The van der Waals surface area contributed by atoms with Gasteiger partial charge in [-0.15, -0.1) is 0 Å². The molecule has 136 valence electrons. The molecule has 0 saturated carbocycles. The Morgan fingerprint density at radius 1 is 0.857 bits per heavy atom. The molecule has 1 aromatic carbocycles. The highest BCUT2D eigenvalue weighted by molar-refractivity contribution is 6.01. The minimum absolute atomic E-state index is 0.524. The summed E-state index contributed by atoms with van der Waals surface area (Å²) in [6, 6.07) is 15.3. The summed E-state index contributed by atoms with van der Waals surface area (Å²) in [6.07, 6.45) is 5.28. The molecule has 7 nitrogen and oxygen atoms in total. The Morgan fingerprint density at radius 2 is 1.75 bits per heavy atom. The van der Waals surface area contributed by atoms with E-state index >= 15 is 0 Å². The highest BCUT2D eigenvalue weighted by Crippen LogP contribution is 2.34. The maximum Gasteiger partial charge on any atom is 0.229 e. The van der Waals surface area contributed by atoms with Crippen molar-refractivity contribution in [3.63, 3.8) is 0 Å². The van der Waals surface area contributed by atoms with E-state index in [9.17, 15) is 0 Å². The van der Waals surface area contributed by atoms with Gasteiger partial charge >= 0.3 is 0 Å². The van der Waals surface area contributed by atoms with Crippen LogP contribution in [-0.2, 0) is 0 Å². The Bertz CT molecular complexity index is 1250. The number of rotatable bonds is 4. The summed E-state index contributed by atoms with van der Waals surface area (Å²) in [5.74, 6) is 2.67. The standard InChI is InChI=1S/C21H16N6O/c1-22-20-14-11-24-19(27-18-8-4-5-9-23-18)10-13(14)15(12-25-20)21-26-16-6-2-3-7-17(16)28-21/h2-12H,1H3,(H,22,25)(H,23,24,27). The van der Waals surface area contributed by atoms with Crippen molar-refractivity contribution in [2.24, 2.45) is 0 Å². The van der Waals surface area contributed by atoms with Crippen molar-refractivity contribution in [1.29, 1.82) is 0 Å². The molecular formula is C21H16N6O. The van der Waals surface area contributed by atoms with E-state index in [-0.39, 0.29) is 0 Å². The van der Waals surface area contributed by atoms with Crippen LogP contribution in [0.15, 0.2) is 71.5 Å². The topological polar surface area (TPSA) is 88.8 Å². The predicted molar refractivity (Wildman–Crippen MR) is 110 cm³/mol. The summed E-state index contributed by atoms with van der Waals surface area (Å²) >= 11 is 0. The van der Waals surface area contributed by atoms with E-state index in [0.717, 1.165) is 39.1 Å². The number of hydrogen-bond donors (Lipinski definition) is 2. The number of anilines is 3. The molecule has 4 aromatic heterocycles. The SMILES string of the molecule is CNc1ncc(-c2nc3ccccc3o2)c2cc(Nc3ccccn3)ncc12. The minimum atomic E-state index is 0.524. The first-order chi connectivity index (χ1) is 13.8. The third-order valence-corrected chi connectivity index (χ3v) is 4.45. The van der Waals surface area contributed by atoms with E-state index in [1.807, 2.05) is 55.6 Å². The lowest BCUT2D eigenvalue weighted by Gasteiger charge is -2.10. The van der Waals surface area contributed by atoms with Crippen LogP contribution in [0.25, 0.3) is 33.3 Å². The molecule has 7 heteroatoms. The fourth-order valence-electron chi connectivity index (χ4n) is 3.13. The number of fused-ring (bicyclic) bond motifs is 2. The van der Waals surface area contributed by atoms with Crippen LogP contribution >= 0.6 is 0 Å². The molecule has 0 atom stereocenters. The third kappa shape index (κ3) is 2.79. The van der Waals surface area contributed by atoms with Crippen LogP contribution in [0.5, 0.6) is 0 Å². The number of hydrogen-bond acceptors (Lipinski definition) is 7. The van der Waals surface area contributed by atoms with Crippen LogP contribution in [0.3, 0.4) is 0 Å². The molecule has 5 aromatic rings. The average Bonchev–Trinajstić information content (AvgIpc) is 3.17. The normalized spacial score (nSPS) is 11.0. The van der Waals surface area contributed by atoms with Gasteiger partial charge in [-0.2, -0.15) is 0 Å². The van der Waals surface area contributed by atoms with Crippen molar-refractivity contribution in [2.75, 3.05) is 17.7 Å². The number of nitrogens with zero attached hydrogens (tertiary/aromatic N) is 4. The van der Waals surface area contributed by atoms with Crippen LogP contribution in [-0.4, -0.2) is 27.0 Å². The van der Waals surface area contributed by atoms with E-state index in [1.165, 1.54) is 0 Å². The maximum atomic E-state index is 5.97. The van der Waals surface area contributed by atoms with E-state index in [2.05, 4.69) is 30.6 Å². The first-order valence-corrected chi connectivity index (χ1v) is 8.82. The van der Waals surface area contributed by atoms with Crippen LogP contribution in [0.2, 0.25) is 0 Å². The van der Waals surface area contributed by atoms with Gasteiger partial charge in [-0.05, 0) is 30.3 Å². The quantitative estimate of drug-likeness (QED) is 0.478. The molecule has 0 aliphatic rings. The molecule has 28 heavy (non-hydrogen) atoms. The summed E-state index contributed by atoms with van der Waals surface area (Å²) < 4.78 is 5.97. The van der Waals surface area contributed by atoms with E-state index in [0.29, 0.717) is 11.7 Å². The molecule has 0 saturated heterocycles. The second-order valence-corrected chi connectivity index (χ2v) is 6.21. The number of nitrogens with one attached hydrogen (secondary N) is 2. The van der Waals surface area contributed by atoms with Gasteiger partial charge in [-0.25, -0.2) is 19.9 Å². The Kier molecular flexibility index (Phi) is 3.83. The molecule has 5 rings (SSSR count). The van der Waals surface area contributed by atoms with Crippen LogP contribution < -0.4 is 10.6 Å². The summed E-state index contributed by atoms with van der Waals surface area (Å²) in [5, 5.41) is 8.15. The van der Waals surface area contributed by atoms with Gasteiger partial charge in [0.2, 0.25) is 5.89 Å². The predicted octanol–water partition coefficient (Wildman–Crippen LogP) is 4.62. The zero-order valence-electron chi connectivity index (χ0n) is 15.0. The first kappa shape index (κ1) is 16.2. The van der Waals surface area contributed by atoms with Gasteiger partial charge in [-0.1, -0.05) is 18.2 Å². The van der Waals surface area contributed by atoms with Crippen molar-refractivity contribution in [3.05, 3.63) is 67.1 Å². The minimum Gasteiger partial charge on any atom is -0.436 e. The molecule has 0 spiro atoms. The van der Waals surface area contributed by atoms with Gasteiger partial charge in [0.25, 0.3) is 0 Å². The summed E-state index contributed by atoms with van der Waals surface area (Å²) in [6.45, 7) is 0. The second kappa shape index (κ2) is 6.62. The van der Waals surface area contributed by atoms with Crippen molar-refractivity contribution in [2.45, 2.75) is 0 Å². The molecule has 0 amide bonds. The van der Waals surface area contributed by atoms with Gasteiger partial charge in [0, 0.05) is 36.4 Å². The van der Waals surface area contributed by atoms with Crippen molar-refractivity contribution < 1.29 is 4.42 Å². The van der Waals surface area contributed by atoms with Gasteiger partial charge in [0.05, 0.1) is 5.56 Å². The largest absolute Gasteiger partial charge is 0.436 e. The molecule has 0 fully saturated rings.